The smallest absolute Gasteiger partial charge is 0.0535 e. The van der Waals surface area contributed by atoms with E-state index in [1.807, 2.05) is 0 Å². The van der Waals surface area contributed by atoms with E-state index in [4.69, 9.17) is 15.2 Å². The van der Waals surface area contributed by atoms with Crippen LogP contribution in [0.3, 0.4) is 0 Å². The van der Waals surface area contributed by atoms with Crippen molar-refractivity contribution in [3.05, 3.63) is 0 Å². The second-order valence-corrected chi connectivity index (χ2v) is 4.11. The molecule has 2 heterocycles. The third-order valence-corrected chi connectivity index (χ3v) is 3.05. The zero-order valence-electron chi connectivity index (χ0n) is 7.42. The van der Waals surface area contributed by atoms with Gasteiger partial charge in [-0.05, 0) is 12.8 Å². The van der Waals surface area contributed by atoms with Gasteiger partial charge in [0.1, 0.15) is 0 Å². The summed E-state index contributed by atoms with van der Waals surface area (Å²) in [5.74, 6) is 0.746. The fraction of sp³-hybridized carbons (Fsp3) is 1.00. The lowest BCUT2D eigenvalue weighted by Gasteiger charge is -2.34. The van der Waals surface area contributed by atoms with Crippen LogP contribution in [-0.2, 0) is 9.47 Å². The van der Waals surface area contributed by atoms with Gasteiger partial charge in [0, 0.05) is 24.5 Å². The van der Waals surface area contributed by atoms with Gasteiger partial charge < -0.3 is 15.2 Å². The highest BCUT2D eigenvalue weighted by Gasteiger charge is 2.37. The molecule has 0 saturated carbocycles. The second kappa shape index (κ2) is 3.32. The molecule has 70 valence electrons. The molecule has 0 amide bonds. The number of nitrogens with two attached hydrogens (primary N) is 1. The molecule has 0 bridgehead atoms. The van der Waals surface area contributed by atoms with Crippen molar-refractivity contribution in [1.29, 1.82) is 0 Å². The van der Waals surface area contributed by atoms with Gasteiger partial charge in [0.05, 0.1) is 19.8 Å². The summed E-state index contributed by atoms with van der Waals surface area (Å²) in [6.45, 7) is 4.39. The topological polar surface area (TPSA) is 44.5 Å². The van der Waals surface area contributed by atoms with Crippen LogP contribution in [0, 0.1) is 11.3 Å². The van der Waals surface area contributed by atoms with Crippen molar-refractivity contribution in [3.63, 3.8) is 0 Å². The van der Waals surface area contributed by atoms with E-state index < -0.39 is 0 Å². The molecule has 0 radical (unpaired) electrons. The van der Waals surface area contributed by atoms with E-state index in [2.05, 4.69) is 0 Å². The van der Waals surface area contributed by atoms with Gasteiger partial charge in [0.15, 0.2) is 0 Å². The predicted molar refractivity (Wildman–Crippen MR) is 45.8 cm³/mol. The summed E-state index contributed by atoms with van der Waals surface area (Å²) < 4.78 is 10.6. The first-order valence-electron chi connectivity index (χ1n) is 4.70. The summed E-state index contributed by atoms with van der Waals surface area (Å²) in [7, 11) is 0. The minimum Gasteiger partial charge on any atom is -0.381 e. The Kier molecular flexibility index (Phi) is 2.35. The lowest BCUT2D eigenvalue weighted by molar-refractivity contribution is -0.0542. The van der Waals surface area contributed by atoms with Gasteiger partial charge in [-0.1, -0.05) is 0 Å². The molecular weight excluding hydrogens is 154 g/mol. The molecule has 2 fully saturated rings. The van der Waals surface area contributed by atoms with Gasteiger partial charge in [0.2, 0.25) is 0 Å². The van der Waals surface area contributed by atoms with E-state index in [-0.39, 0.29) is 5.41 Å². The van der Waals surface area contributed by atoms with Crippen molar-refractivity contribution in [1.82, 2.24) is 0 Å². The first-order chi connectivity index (χ1) is 5.85. The fourth-order valence-corrected chi connectivity index (χ4v) is 2.07. The maximum atomic E-state index is 5.78. The van der Waals surface area contributed by atoms with Crippen LogP contribution in [0.5, 0.6) is 0 Å². The average molecular weight is 171 g/mol. The second-order valence-electron chi connectivity index (χ2n) is 4.11. The molecule has 3 nitrogen and oxygen atoms in total. The molecule has 1 unspecified atom stereocenters. The molecule has 0 spiro atoms. The van der Waals surface area contributed by atoms with Crippen molar-refractivity contribution < 1.29 is 9.47 Å². The van der Waals surface area contributed by atoms with Crippen LogP contribution in [0.4, 0.5) is 0 Å². The van der Waals surface area contributed by atoms with Crippen molar-refractivity contribution >= 4 is 0 Å². The molecule has 2 aliphatic heterocycles. The molecule has 0 aromatic heterocycles. The summed E-state index contributed by atoms with van der Waals surface area (Å²) in [5.41, 5.74) is 6.06. The molecule has 0 aliphatic carbocycles. The van der Waals surface area contributed by atoms with Gasteiger partial charge in [-0.2, -0.15) is 0 Å². The summed E-state index contributed by atoms with van der Waals surface area (Å²) in [6.07, 6.45) is 2.34. The Morgan fingerprint density at radius 2 is 2.17 bits per heavy atom. The lowest BCUT2D eigenvalue weighted by Crippen LogP contribution is -2.39. The Labute approximate surface area is 73.2 Å². The van der Waals surface area contributed by atoms with Crippen LogP contribution >= 0.6 is 0 Å². The molecule has 2 aliphatic rings. The summed E-state index contributed by atoms with van der Waals surface area (Å²) in [4.78, 5) is 0. The monoisotopic (exact) mass is 171 g/mol. The highest BCUT2D eigenvalue weighted by Crippen LogP contribution is 2.36. The average Bonchev–Trinajstić information content (AvgIpc) is 2.46. The maximum Gasteiger partial charge on any atom is 0.0535 e. The molecule has 2 N–H and O–H groups in total. The molecule has 0 aromatic carbocycles. The van der Waals surface area contributed by atoms with Crippen molar-refractivity contribution in [2.24, 2.45) is 17.1 Å². The Hall–Kier alpha value is -0.120. The van der Waals surface area contributed by atoms with Crippen molar-refractivity contribution in [3.8, 4) is 0 Å². The van der Waals surface area contributed by atoms with Gasteiger partial charge in [-0.15, -0.1) is 0 Å². The van der Waals surface area contributed by atoms with E-state index in [1.54, 1.807) is 0 Å². The third-order valence-electron chi connectivity index (χ3n) is 3.05. The normalized spacial score (nSPS) is 36.8. The highest BCUT2D eigenvalue weighted by molar-refractivity contribution is 4.87. The largest absolute Gasteiger partial charge is 0.381 e. The van der Waals surface area contributed by atoms with Gasteiger partial charge in [-0.25, -0.2) is 0 Å². The van der Waals surface area contributed by atoms with E-state index in [1.165, 1.54) is 6.42 Å². The van der Waals surface area contributed by atoms with E-state index in [0.29, 0.717) is 0 Å². The fourth-order valence-electron chi connectivity index (χ4n) is 2.07. The minimum absolute atomic E-state index is 0.286. The quantitative estimate of drug-likeness (QED) is 0.668. The van der Waals surface area contributed by atoms with Gasteiger partial charge in [-0.3, -0.25) is 0 Å². The molecule has 2 rings (SSSR count). The Bertz CT molecular complexity index is 151. The SMILES string of the molecule is NCC1(CC2COC2)CCOC1. The maximum absolute atomic E-state index is 5.78. The van der Waals surface area contributed by atoms with Gasteiger partial charge in [0.25, 0.3) is 0 Å². The molecule has 1 atom stereocenters. The molecule has 0 aromatic rings. The number of hydrogen-bond donors (Lipinski definition) is 1. The molecule has 12 heavy (non-hydrogen) atoms. The summed E-state index contributed by atoms with van der Waals surface area (Å²) in [6, 6.07) is 0. The van der Waals surface area contributed by atoms with E-state index >= 15 is 0 Å². The van der Waals surface area contributed by atoms with E-state index in [0.717, 1.165) is 45.3 Å². The van der Waals surface area contributed by atoms with Crippen LogP contribution < -0.4 is 5.73 Å². The number of hydrogen-bond acceptors (Lipinski definition) is 3. The standard InChI is InChI=1S/C9H17NO2/c10-6-9(1-2-11-7-9)3-8-4-12-5-8/h8H,1-7,10H2. The van der Waals surface area contributed by atoms with Crippen molar-refractivity contribution in [2.75, 3.05) is 33.0 Å². The Balaban J connectivity index is 1.87. The van der Waals surface area contributed by atoms with Crippen LogP contribution in [0.25, 0.3) is 0 Å². The molecule has 3 heteroatoms. The van der Waals surface area contributed by atoms with Crippen LogP contribution in [0.1, 0.15) is 12.8 Å². The van der Waals surface area contributed by atoms with E-state index in [9.17, 15) is 0 Å². The Morgan fingerprint density at radius 3 is 2.58 bits per heavy atom. The van der Waals surface area contributed by atoms with Crippen LogP contribution in [0.15, 0.2) is 0 Å². The zero-order valence-corrected chi connectivity index (χ0v) is 7.42. The first-order valence-corrected chi connectivity index (χ1v) is 4.70. The number of ether oxygens (including phenoxy) is 2. The minimum atomic E-state index is 0.286. The van der Waals surface area contributed by atoms with Crippen LogP contribution in [0.2, 0.25) is 0 Å². The lowest BCUT2D eigenvalue weighted by atomic mass is 9.78. The summed E-state index contributed by atoms with van der Waals surface area (Å²) in [5, 5.41) is 0. The molecular formula is C9H17NO2. The number of rotatable bonds is 3. The Morgan fingerprint density at radius 1 is 1.33 bits per heavy atom. The summed E-state index contributed by atoms with van der Waals surface area (Å²) >= 11 is 0. The molecule has 2 saturated heterocycles. The van der Waals surface area contributed by atoms with Gasteiger partial charge >= 0.3 is 0 Å². The van der Waals surface area contributed by atoms with Crippen LogP contribution in [-0.4, -0.2) is 33.0 Å². The van der Waals surface area contributed by atoms with Crippen molar-refractivity contribution in [2.45, 2.75) is 12.8 Å². The highest BCUT2D eigenvalue weighted by atomic mass is 16.5. The first kappa shape index (κ1) is 8.48. The third kappa shape index (κ3) is 1.49. The predicted octanol–water partition coefficient (Wildman–Crippen LogP) is 0.388. The zero-order chi connectivity index (χ0) is 8.44.